The number of para-hydroxylation sites is 1. The molecule has 0 atom stereocenters. The molecule has 2 N–H and O–H groups in total. The number of H-pyrrole nitrogens is 1. The highest BCUT2D eigenvalue weighted by molar-refractivity contribution is 7.93. The minimum atomic E-state index is -3.73. The third kappa shape index (κ3) is 2.43. The highest BCUT2D eigenvalue weighted by Gasteiger charge is 2.23. The summed E-state index contributed by atoms with van der Waals surface area (Å²) in [5.74, 6) is 0.625. The molecule has 0 fully saturated rings. The van der Waals surface area contributed by atoms with E-state index in [4.69, 9.17) is 4.74 Å². The molecule has 3 aromatic rings. The predicted octanol–water partition coefficient (Wildman–Crippen LogP) is 2.69. The third-order valence-electron chi connectivity index (χ3n) is 3.88. The lowest BCUT2D eigenvalue weighted by Crippen LogP contribution is -2.16. The van der Waals surface area contributed by atoms with Gasteiger partial charge >= 0.3 is 0 Å². The number of pyridine rings is 1. The van der Waals surface area contributed by atoms with E-state index in [9.17, 15) is 8.42 Å². The predicted molar refractivity (Wildman–Crippen MR) is 87.2 cm³/mol. The second kappa shape index (κ2) is 5.27. The number of anilines is 1. The van der Waals surface area contributed by atoms with Crippen LogP contribution in [0.2, 0.25) is 0 Å². The van der Waals surface area contributed by atoms with Crippen molar-refractivity contribution in [3.05, 3.63) is 48.3 Å². The van der Waals surface area contributed by atoms with Crippen LogP contribution in [-0.2, 0) is 16.4 Å². The van der Waals surface area contributed by atoms with Crippen molar-refractivity contribution in [3.63, 3.8) is 0 Å². The number of nitrogens with zero attached hydrogens (tertiary/aromatic N) is 1. The summed E-state index contributed by atoms with van der Waals surface area (Å²) in [6.45, 7) is 0.600. The van der Waals surface area contributed by atoms with Gasteiger partial charge < -0.3 is 9.72 Å². The van der Waals surface area contributed by atoms with Gasteiger partial charge in [-0.05, 0) is 36.6 Å². The molecular formula is C16H15N3O3S. The van der Waals surface area contributed by atoms with Crippen molar-refractivity contribution in [3.8, 4) is 5.75 Å². The number of hydrogen-bond acceptors (Lipinski definition) is 4. The Hall–Kier alpha value is -2.54. The molecule has 0 amide bonds. The van der Waals surface area contributed by atoms with Crippen LogP contribution >= 0.6 is 0 Å². The number of aryl methyl sites for hydroxylation is 1. The number of aromatic nitrogens is 2. The van der Waals surface area contributed by atoms with Crippen molar-refractivity contribution in [2.75, 3.05) is 11.3 Å². The zero-order chi connectivity index (χ0) is 15.9. The van der Waals surface area contributed by atoms with E-state index < -0.39 is 10.0 Å². The maximum absolute atomic E-state index is 12.7. The molecule has 0 radical (unpaired) electrons. The average molecular weight is 329 g/mol. The highest BCUT2D eigenvalue weighted by atomic mass is 32.2. The first-order chi connectivity index (χ1) is 11.1. The number of ether oxygens (including phenoxy) is 1. The lowest BCUT2D eigenvalue weighted by molar-refractivity contribution is 0.290. The largest absolute Gasteiger partial charge is 0.491 e. The Bertz CT molecular complexity index is 979. The minimum Gasteiger partial charge on any atom is -0.491 e. The quantitative estimate of drug-likeness (QED) is 0.774. The Kier molecular flexibility index (Phi) is 3.23. The summed E-state index contributed by atoms with van der Waals surface area (Å²) < 4.78 is 33.8. The number of hydrogen-bond donors (Lipinski definition) is 2. The molecule has 2 aromatic heterocycles. The monoisotopic (exact) mass is 329 g/mol. The second-order valence-electron chi connectivity index (χ2n) is 5.40. The lowest BCUT2D eigenvalue weighted by atomic mass is 10.1. The number of benzene rings is 1. The molecule has 0 saturated carbocycles. The fraction of sp³-hybridized carbons (Fsp3) is 0.188. The molecule has 0 bridgehead atoms. The first-order valence-corrected chi connectivity index (χ1v) is 8.83. The van der Waals surface area contributed by atoms with Gasteiger partial charge in [-0.2, -0.15) is 0 Å². The summed E-state index contributed by atoms with van der Waals surface area (Å²) in [5, 5.41) is 0.561. The van der Waals surface area contributed by atoms with E-state index in [2.05, 4.69) is 14.7 Å². The highest BCUT2D eigenvalue weighted by Crippen LogP contribution is 2.34. The van der Waals surface area contributed by atoms with Crippen molar-refractivity contribution >= 4 is 26.7 Å². The number of nitrogens with one attached hydrogen (secondary N) is 2. The lowest BCUT2D eigenvalue weighted by Gasteiger charge is -2.20. The Labute approximate surface area is 133 Å². The maximum Gasteiger partial charge on any atom is 0.264 e. The number of fused-ring (bicyclic) bond motifs is 2. The number of aromatic amines is 1. The molecule has 0 unspecified atom stereocenters. The van der Waals surface area contributed by atoms with Gasteiger partial charge in [0.1, 0.15) is 16.3 Å². The molecule has 3 heterocycles. The Morgan fingerprint density at radius 3 is 3.04 bits per heavy atom. The van der Waals surface area contributed by atoms with Crippen LogP contribution in [0.5, 0.6) is 5.75 Å². The first kappa shape index (κ1) is 14.1. The van der Waals surface area contributed by atoms with E-state index in [1.165, 1.54) is 6.20 Å². The van der Waals surface area contributed by atoms with Gasteiger partial charge in [0.15, 0.2) is 0 Å². The van der Waals surface area contributed by atoms with Gasteiger partial charge in [-0.1, -0.05) is 12.1 Å². The van der Waals surface area contributed by atoms with Gasteiger partial charge in [0.25, 0.3) is 10.0 Å². The van der Waals surface area contributed by atoms with Crippen LogP contribution in [0.1, 0.15) is 12.0 Å². The van der Waals surface area contributed by atoms with E-state index in [0.29, 0.717) is 29.1 Å². The van der Waals surface area contributed by atoms with Gasteiger partial charge in [-0.15, -0.1) is 0 Å². The van der Waals surface area contributed by atoms with Crippen LogP contribution in [0.15, 0.2) is 47.6 Å². The zero-order valence-electron chi connectivity index (χ0n) is 12.2. The molecule has 7 heteroatoms. The molecule has 1 aromatic carbocycles. The summed E-state index contributed by atoms with van der Waals surface area (Å²) >= 11 is 0. The second-order valence-corrected chi connectivity index (χ2v) is 7.05. The summed E-state index contributed by atoms with van der Waals surface area (Å²) in [4.78, 5) is 7.18. The van der Waals surface area contributed by atoms with Gasteiger partial charge in [0.05, 0.1) is 12.3 Å². The Morgan fingerprint density at radius 1 is 1.22 bits per heavy atom. The molecule has 6 nitrogen and oxygen atoms in total. The van der Waals surface area contributed by atoms with Crippen LogP contribution in [-0.4, -0.2) is 25.0 Å². The molecule has 1 aliphatic rings. The van der Waals surface area contributed by atoms with Gasteiger partial charge in [0.2, 0.25) is 0 Å². The van der Waals surface area contributed by atoms with Crippen molar-refractivity contribution in [1.29, 1.82) is 0 Å². The molecule has 0 spiro atoms. The van der Waals surface area contributed by atoms with Crippen molar-refractivity contribution in [2.24, 2.45) is 0 Å². The fourth-order valence-electron chi connectivity index (χ4n) is 2.82. The first-order valence-electron chi connectivity index (χ1n) is 7.35. The summed E-state index contributed by atoms with van der Waals surface area (Å²) in [7, 11) is -3.73. The van der Waals surface area contributed by atoms with Crippen LogP contribution in [0.3, 0.4) is 0 Å². The topological polar surface area (TPSA) is 84.1 Å². The molecule has 4 rings (SSSR count). The van der Waals surface area contributed by atoms with Gasteiger partial charge in [-0.25, -0.2) is 13.4 Å². The van der Waals surface area contributed by atoms with E-state index in [-0.39, 0.29) is 4.90 Å². The Balaban J connectivity index is 1.76. The molecule has 0 aliphatic carbocycles. The minimum absolute atomic E-state index is 0.175. The molecule has 0 saturated heterocycles. The average Bonchev–Trinajstić information content (AvgIpc) is 3.00. The van der Waals surface area contributed by atoms with Crippen LogP contribution in [0.4, 0.5) is 5.69 Å². The zero-order valence-corrected chi connectivity index (χ0v) is 13.1. The number of sulfonamides is 1. The van der Waals surface area contributed by atoms with Crippen LogP contribution in [0.25, 0.3) is 11.0 Å². The van der Waals surface area contributed by atoms with Gasteiger partial charge in [0, 0.05) is 17.8 Å². The standard InChI is InChI=1S/C16H15N3O3S/c20-23(21,14-10-18-16-12(14)6-2-8-17-16)19-13-7-1-4-11-5-3-9-22-15(11)13/h1-2,4,6-8,10,19H,3,5,9H2,(H,17,18). The maximum atomic E-state index is 12.7. The SMILES string of the molecule is O=S(=O)(Nc1cccc2c1OCCC2)c1c[nH]c2ncccc12. The van der Waals surface area contributed by atoms with Crippen molar-refractivity contribution < 1.29 is 13.2 Å². The Morgan fingerprint density at radius 2 is 2.13 bits per heavy atom. The van der Waals surface area contributed by atoms with Crippen LogP contribution < -0.4 is 9.46 Å². The molecule has 23 heavy (non-hydrogen) atoms. The fourth-order valence-corrected chi connectivity index (χ4v) is 4.05. The molecule has 118 valence electrons. The van der Waals surface area contributed by atoms with Gasteiger partial charge in [-0.3, -0.25) is 4.72 Å². The van der Waals surface area contributed by atoms with E-state index in [0.717, 1.165) is 18.4 Å². The van der Waals surface area contributed by atoms with E-state index in [1.54, 1.807) is 24.4 Å². The van der Waals surface area contributed by atoms with Crippen molar-refractivity contribution in [1.82, 2.24) is 9.97 Å². The normalized spacial score (nSPS) is 14.3. The molecule has 1 aliphatic heterocycles. The molecular weight excluding hydrogens is 314 g/mol. The van der Waals surface area contributed by atoms with Crippen molar-refractivity contribution in [2.45, 2.75) is 17.7 Å². The third-order valence-corrected chi connectivity index (χ3v) is 5.29. The van der Waals surface area contributed by atoms with E-state index >= 15 is 0 Å². The smallest absolute Gasteiger partial charge is 0.264 e. The van der Waals surface area contributed by atoms with E-state index in [1.807, 2.05) is 12.1 Å². The van der Waals surface area contributed by atoms with Crippen LogP contribution in [0, 0.1) is 0 Å². The summed E-state index contributed by atoms with van der Waals surface area (Å²) in [5.41, 5.74) is 2.04. The summed E-state index contributed by atoms with van der Waals surface area (Å²) in [6.07, 6.45) is 4.90. The number of rotatable bonds is 3. The summed E-state index contributed by atoms with van der Waals surface area (Å²) in [6, 6.07) is 8.95.